The Balaban J connectivity index is 1.83. The molecule has 2 atom stereocenters. The van der Waals surface area contributed by atoms with Crippen LogP contribution in [0.4, 0.5) is 0 Å². The number of nitrogens with two attached hydrogens (primary N) is 1. The minimum absolute atomic E-state index is 0.0664. The van der Waals surface area contributed by atoms with Crippen molar-refractivity contribution in [1.82, 2.24) is 14.7 Å². The van der Waals surface area contributed by atoms with E-state index in [1.54, 1.807) is 21.8 Å². The Morgan fingerprint density at radius 2 is 2.04 bits per heavy atom. The lowest BCUT2D eigenvalue weighted by molar-refractivity contribution is -0.123. The number of amides is 2. The van der Waals surface area contributed by atoms with Crippen LogP contribution in [0, 0.1) is 5.92 Å². The molecule has 1 fully saturated rings. The zero-order valence-electron chi connectivity index (χ0n) is 13.4. The van der Waals surface area contributed by atoms with Crippen molar-refractivity contribution in [3.05, 3.63) is 47.2 Å². The van der Waals surface area contributed by atoms with Crippen molar-refractivity contribution in [2.45, 2.75) is 25.8 Å². The summed E-state index contributed by atoms with van der Waals surface area (Å²) in [6.07, 6.45) is 4.66. The van der Waals surface area contributed by atoms with Crippen molar-refractivity contribution in [2.75, 3.05) is 6.54 Å². The highest BCUT2D eigenvalue weighted by molar-refractivity contribution is 6.32. The van der Waals surface area contributed by atoms with E-state index < -0.39 is 0 Å². The summed E-state index contributed by atoms with van der Waals surface area (Å²) in [5.74, 6) is -0.790. The maximum atomic E-state index is 12.8. The maximum absolute atomic E-state index is 12.8. The molecule has 0 radical (unpaired) electrons. The van der Waals surface area contributed by atoms with E-state index in [9.17, 15) is 9.59 Å². The minimum atomic E-state index is -0.355. The largest absolute Gasteiger partial charge is 0.369 e. The molecule has 1 saturated heterocycles. The number of benzene rings is 1. The molecule has 0 bridgehead atoms. The van der Waals surface area contributed by atoms with Crippen LogP contribution in [0.2, 0.25) is 5.02 Å². The smallest absolute Gasteiger partial charge is 0.257 e. The van der Waals surface area contributed by atoms with E-state index >= 15 is 0 Å². The van der Waals surface area contributed by atoms with Crippen LogP contribution in [0.15, 0.2) is 36.7 Å². The molecule has 0 spiro atoms. The third kappa shape index (κ3) is 3.14. The number of carbonyl (C=O) groups is 2. The third-order valence-corrected chi connectivity index (χ3v) is 4.79. The number of para-hydroxylation sites is 1. The zero-order chi connectivity index (χ0) is 17.3. The Hall–Kier alpha value is -2.34. The van der Waals surface area contributed by atoms with Crippen LogP contribution in [-0.2, 0) is 4.79 Å². The molecule has 1 aromatic heterocycles. The minimum Gasteiger partial charge on any atom is -0.369 e. The van der Waals surface area contributed by atoms with Crippen LogP contribution in [-0.4, -0.2) is 39.1 Å². The van der Waals surface area contributed by atoms with Crippen molar-refractivity contribution in [1.29, 1.82) is 0 Å². The molecule has 1 aromatic carbocycles. The number of halogens is 1. The summed E-state index contributed by atoms with van der Waals surface area (Å²) in [4.78, 5) is 25.9. The highest BCUT2D eigenvalue weighted by Crippen LogP contribution is 2.24. The van der Waals surface area contributed by atoms with Crippen LogP contribution in [0.5, 0.6) is 0 Å². The van der Waals surface area contributed by atoms with Gasteiger partial charge >= 0.3 is 0 Å². The summed E-state index contributed by atoms with van der Waals surface area (Å²) in [5.41, 5.74) is 6.58. The number of rotatable bonds is 3. The second-order valence-corrected chi connectivity index (χ2v) is 6.52. The molecule has 126 valence electrons. The normalized spacial score (nSPS) is 20.8. The summed E-state index contributed by atoms with van der Waals surface area (Å²) in [5, 5.41) is 4.79. The Morgan fingerprint density at radius 1 is 1.29 bits per heavy atom. The molecule has 0 saturated carbocycles. The van der Waals surface area contributed by atoms with Gasteiger partial charge in [0, 0.05) is 18.8 Å². The van der Waals surface area contributed by atoms with Gasteiger partial charge in [-0.25, -0.2) is 4.68 Å². The molecular weight excluding hydrogens is 328 g/mol. The van der Waals surface area contributed by atoms with Crippen LogP contribution in [0.25, 0.3) is 5.69 Å². The highest BCUT2D eigenvalue weighted by atomic mass is 35.5. The van der Waals surface area contributed by atoms with Crippen LogP contribution >= 0.6 is 11.6 Å². The highest BCUT2D eigenvalue weighted by Gasteiger charge is 2.32. The molecular formula is C17H19ClN4O2. The van der Waals surface area contributed by atoms with E-state index in [1.807, 2.05) is 25.1 Å². The lowest BCUT2D eigenvalue weighted by atomic mass is 9.92. The van der Waals surface area contributed by atoms with Crippen molar-refractivity contribution >= 4 is 23.4 Å². The fourth-order valence-electron chi connectivity index (χ4n) is 2.99. The van der Waals surface area contributed by atoms with Gasteiger partial charge < -0.3 is 10.6 Å². The zero-order valence-corrected chi connectivity index (χ0v) is 14.1. The molecule has 2 amide bonds. The molecule has 24 heavy (non-hydrogen) atoms. The van der Waals surface area contributed by atoms with Crippen LogP contribution in [0.1, 0.15) is 30.1 Å². The van der Waals surface area contributed by atoms with Gasteiger partial charge in [0.1, 0.15) is 0 Å². The van der Waals surface area contributed by atoms with Gasteiger partial charge in [-0.2, -0.15) is 5.10 Å². The maximum Gasteiger partial charge on any atom is 0.257 e. The fraction of sp³-hybridized carbons (Fsp3) is 0.353. The number of likely N-dealkylation sites (tertiary alicyclic amines) is 1. The fourth-order valence-corrected chi connectivity index (χ4v) is 3.21. The van der Waals surface area contributed by atoms with E-state index in [0.717, 1.165) is 12.8 Å². The first kappa shape index (κ1) is 16.5. The molecule has 0 unspecified atom stereocenters. The van der Waals surface area contributed by atoms with Gasteiger partial charge in [-0.05, 0) is 31.9 Å². The number of aromatic nitrogens is 2. The Kier molecular flexibility index (Phi) is 4.57. The average Bonchev–Trinajstić information content (AvgIpc) is 3.04. The van der Waals surface area contributed by atoms with Gasteiger partial charge in [-0.15, -0.1) is 0 Å². The summed E-state index contributed by atoms with van der Waals surface area (Å²) in [6.45, 7) is 2.33. The first-order valence-corrected chi connectivity index (χ1v) is 8.25. The number of nitrogens with zero attached hydrogens (tertiary/aromatic N) is 3. The second kappa shape index (κ2) is 6.65. The molecule has 7 heteroatoms. The molecule has 2 aromatic rings. The number of hydrogen-bond acceptors (Lipinski definition) is 3. The van der Waals surface area contributed by atoms with Crippen LogP contribution in [0.3, 0.4) is 0 Å². The summed E-state index contributed by atoms with van der Waals surface area (Å²) in [7, 11) is 0. The van der Waals surface area contributed by atoms with Gasteiger partial charge in [-0.3, -0.25) is 9.59 Å². The number of primary amides is 1. The number of carbonyl (C=O) groups excluding carboxylic acids is 2. The first-order chi connectivity index (χ1) is 11.5. The quantitative estimate of drug-likeness (QED) is 0.925. The summed E-state index contributed by atoms with van der Waals surface area (Å²) < 4.78 is 1.58. The molecule has 1 aliphatic rings. The summed E-state index contributed by atoms with van der Waals surface area (Å²) >= 11 is 6.17. The van der Waals surface area contributed by atoms with E-state index in [-0.39, 0.29) is 23.8 Å². The summed E-state index contributed by atoms with van der Waals surface area (Å²) in [6, 6.07) is 7.35. The average molecular weight is 347 g/mol. The second-order valence-electron chi connectivity index (χ2n) is 6.11. The number of hydrogen-bond donors (Lipinski definition) is 1. The monoisotopic (exact) mass is 346 g/mol. The van der Waals surface area contributed by atoms with E-state index in [4.69, 9.17) is 17.3 Å². The molecule has 3 rings (SSSR count). The molecule has 1 aliphatic heterocycles. The predicted octanol–water partition coefficient (Wildman–Crippen LogP) is 2.25. The van der Waals surface area contributed by atoms with Crippen molar-refractivity contribution in [2.24, 2.45) is 11.7 Å². The van der Waals surface area contributed by atoms with Gasteiger partial charge in [0.25, 0.3) is 5.91 Å². The lowest BCUT2D eigenvalue weighted by Crippen LogP contribution is -2.48. The van der Waals surface area contributed by atoms with Gasteiger partial charge in [0.2, 0.25) is 5.91 Å². The lowest BCUT2D eigenvalue weighted by Gasteiger charge is -2.36. The van der Waals surface area contributed by atoms with Crippen LogP contribution < -0.4 is 5.73 Å². The van der Waals surface area contributed by atoms with E-state index in [1.165, 1.54) is 6.20 Å². The van der Waals surface area contributed by atoms with E-state index in [2.05, 4.69) is 5.10 Å². The number of piperidine rings is 1. The van der Waals surface area contributed by atoms with Gasteiger partial charge in [0.15, 0.2) is 0 Å². The standard InChI is InChI=1S/C17H19ClN4O2/c1-11-6-7-12(16(19)23)9-21(11)17(24)13-8-20-22(10-13)15-5-3-2-4-14(15)18/h2-5,8,10-12H,6-7,9H2,1H3,(H2,19,23)/t11-,12+/m0/s1. The molecule has 2 heterocycles. The van der Waals surface area contributed by atoms with Crippen molar-refractivity contribution in [3.8, 4) is 5.69 Å². The Morgan fingerprint density at radius 3 is 2.75 bits per heavy atom. The van der Waals surface area contributed by atoms with Gasteiger partial charge in [-0.1, -0.05) is 23.7 Å². The Bertz CT molecular complexity index is 773. The van der Waals surface area contributed by atoms with Crippen molar-refractivity contribution in [3.63, 3.8) is 0 Å². The molecule has 0 aliphatic carbocycles. The van der Waals surface area contributed by atoms with Gasteiger partial charge in [0.05, 0.1) is 28.4 Å². The topological polar surface area (TPSA) is 81.2 Å². The molecule has 2 N–H and O–H groups in total. The SMILES string of the molecule is C[C@H]1CC[C@@H](C(N)=O)CN1C(=O)c1cnn(-c2ccccc2Cl)c1. The van der Waals surface area contributed by atoms with E-state index in [0.29, 0.717) is 22.8 Å². The first-order valence-electron chi connectivity index (χ1n) is 7.87. The predicted molar refractivity (Wildman–Crippen MR) is 91.0 cm³/mol. The Labute approximate surface area is 145 Å². The third-order valence-electron chi connectivity index (χ3n) is 4.47. The molecule has 6 nitrogen and oxygen atoms in total. The van der Waals surface area contributed by atoms with Crippen molar-refractivity contribution < 1.29 is 9.59 Å².